The quantitative estimate of drug-likeness (QED) is 0.501. The van der Waals surface area contributed by atoms with E-state index in [0.29, 0.717) is 15.5 Å². The van der Waals surface area contributed by atoms with Crippen molar-refractivity contribution in [2.75, 3.05) is 0 Å². The lowest BCUT2D eigenvalue weighted by Gasteiger charge is -1.96. The highest BCUT2D eigenvalue weighted by molar-refractivity contribution is 7.71. The first-order valence-electron chi connectivity index (χ1n) is 2.58. The van der Waals surface area contributed by atoms with Gasteiger partial charge >= 0.3 is 0 Å². The minimum atomic E-state index is -0.127. The molecule has 1 aromatic rings. The van der Waals surface area contributed by atoms with E-state index in [1.165, 1.54) is 6.20 Å². The third kappa shape index (κ3) is 1.53. The molecule has 0 saturated carbocycles. The molecule has 1 rings (SSSR count). The van der Waals surface area contributed by atoms with Gasteiger partial charge in [0.15, 0.2) is 4.77 Å². The summed E-state index contributed by atoms with van der Waals surface area (Å²) < 4.78 is 0.321. The number of aromatic amines is 1. The van der Waals surface area contributed by atoms with Crippen LogP contribution in [0.5, 0.6) is 0 Å². The lowest BCUT2D eigenvalue weighted by Crippen LogP contribution is -1.90. The fraction of sp³-hybridized carbons (Fsp3) is 0.200. The van der Waals surface area contributed by atoms with Crippen molar-refractivity contribution in [2.45, 2.75) is 6.61 Å². The van der Waals surface area contributed by atoms with Gasteiger partial charge < -0.3 is 10.1 Å². The Labute approximate surface area is 67.7 Å². The maximum absolute atomic E-state index is 8.63. The normalized spacial score (nSPS) is 9.80. The number of nitrogens with one attached hydrogen (secondary N) is 1. The first kappa shape index (κ1) is 7.65. The Morgan fingerprint density at radius 2 is 2.50 bits per heavy atom. The van der Waals surface area contributed by atoms with Gasteiger partial charge in [0, 0.05) is 11.8 Å². The number of H-pyrrole nitrogens is 1. The van der Waals surface area contributed by atoms with E-state index in [1.54, 1.807) is 0 Å². The average molecular weight is 177 g/mol. The lowest BCUT2D eigenvalue weighted by atomic mass is 10.4. The monoisotopic (exact) mass is 176 g/mol. The van der Waals surface area contributed by atoms with Crippen LogP contribution in [0.4, 0.5) is 0 Å². The molecule has 0 saturated heterocycles. The lowest BCUT2D eigenvalue weighted by molar-refractivity contribution is 0.281. The van der Waals surface area contributed by atoms with E-state index in [2.05, 4.69) is 22.2 Å². The summed E-state index contributed by atoms with van der Waals surface area (Å²) in [6.45, 7) is -0.127. The number of rotatable bonds is 1. The largest absolute Gasteiger partial charge is 0.392 e. The third-order valence-electron chi connectivity index (χ3n) is 1.01. The maximum atomic E-state index is 8.63. The van der Waals surface area contributed by atoms with Crippen LogP contribution in [0, 0.1) is 4.77 Å². The molecule has 0 fully saturated rings. The molecular formula is C5H5ClN2OS. The Bertz CT molecular complexity index is 285. The number of aliphatic hydroxyl groups is 1. The van der Waals surface area contributed by atoms with Crippen LogP contribution in [0.2, 0.25) is 5.15 Å². The average Bonchev–Trinajstić information content (AvgIpc) is 1.88. The summed E-state index contributed by atoms with van der Waals surface area (Å²) in [5.41, 5.74) is 0.551. The summed E-state index contributed by atoms with van der Waals surface area (Å²) in [6.07, 6.45) is 1.45. The van der Waals surface area contributed by atoms with Gasteiger partial charge in [0.25, 0.3) is 0 Å². The number of hydrogen-bond acceptors (Lipinski definition) is 3. The Hall–Kier alpha value is -0.450. The molecule has 0 atom stereocenters. The van der Waals surface area contributed by atoms with Crippen molar-refractivity contribution in [2.24, 2.45) is 0 Å². The van der Waals surface area contributed by atoms with Crippen molar-refractivity contribution in [1.29, 1.82) is 0 Å². The molecule has 0 amide bonds. The summed E-state index contributed by atoms with van der Waals surface area (Å²) in [6, 6.07) is 0. The van der Waals surface area contributed by atoms with Crippen molar-refractivity contribution in [3.05, 3.63) is 21.7 Å². The minimum Gasteiger partial charge on any atom is -0.392 e. The molecule has 1 heterocycles. The van der Waals surface area contributed by atoms with Crippen molar-refractivity contribution in [3.8, 4) is 0 Å². The first-order valence-corrected chi connectivity index (χ1v) is 3.37. The van der Waals surface area contributed by atoms with Gasteiger partial charge in [-0.05, 0) is 12.2 Å². The van der Waals surface area contributed by atoms with Gasteiger partial charge in [0.1, 0.15) is 5.15 Å². The second-order valence-electron chi connectivity index (χ2n) is 1.69. The molecule has 2 N–H and O–H groups in total. The SMILES string of the molecule is OCc1cnc(=S)[nH]c1Cl. The van der Waals surface area contributed by atoms with E-state index >= 15 is 0 Å². The highest BCUT2D eigenvalue weighted by Crippen LogP contribution is 2.09. The molecule has 0 aliphatic rings. The molecule has 0 unspecified atom stereocenters. The highest BCUT2D eigenvalue weighted by atomic mass is 35.5. The molecule has 0 spiro atoms. The van der Waals surface area contributed by atoms with E-state index in [-0.39, 0.29) is 6.61 Å². The Balaban J connectivity index is 3.19. The predicted molar refractivity (Wildman–Crippen MR) is 40.4 cm³/mol. The molecule has 0 aromatic carbocycles. The summed E-state index contributed by atoms with van der Waals surface area (Å²) in [7, 11) is 0. The van der Waals surface area contributed by atoms with Crippen molar-refractivity contribution in [1.82, 2.24) is 9.97 Å². The van der Waals surface area contributed by atoms with E-state index in [0.717, 1.165) is 0 Å². The highest BCUT2D eigenvalue weighted by Gasteiger charge is 1.96. The van der Waals surface area contributed by atoms with Gasteiger partial charge in [-0.15, -0.1) is 0 Å². The Kier molecular flexibility index (Phi) is 2.37. The molecule has 5 heteroatoms. The van der Waals surface area contributed by atoms with Crippen molar-refractivity contribution >= 4 is 23.8 Å². The fourth-order valence-corrected chi connectivity index (χ4v) is 0.919. The number of aliphatic hydroxyl groups excluding tert-OH is 1. The minimum absolute atomic E-state index is 0.127. The Morgan fingerprint density at radius 3 is 3.00 bits per heavy atom. The topological polar surface area (TPSA) is 48.9 Å². The summed E-state index contributed by atoms with van der Waals surface area (Å²) >= 11 is 10.3. The van der Waals surface area contributed by atoms with Crippen LogP contribution in [0.3, 0.4) is 0 Å². The zero-order valence-electron chi connectivity index (χ0n) is 4.97. The zero-order valence-corrected chi connectivity index (χ0v) is 6.54. The van der Waals surface area contributed by atoms with Gasteiger partial charge in [-0.3, -0.25) is 0 Å². The van der Waals surface area contributed by atoms with E-state index in [9.17, 15) is 0 Å². The molecular weight excluding hydrogens is 172 g/mol. The van der Waals surface area contributed by atoms with Crippen LogP contribution in [-0.2, 0) is 6.61 Å². The smallest absolute Gasteiger partial charge is 0.197 e. The second-order valence-corrected chi connectivity index (χ2v) is 2.45. The predicted octanol–water partition coefficient (Wildman–Crippen LogP) is 1.28. The van der Waals surface area contributed by atoms with E-state index < -0.39 is 0 Å². The van der Waals surface area contributed by atoms with Gasteiger partial charge in [0.2, 0.25) is 0 Å². The van der Waals surface area contributed by atoms with Crippen LogP contribution in [0.1, 0.15) is 5.56 Å². The molecule has 0 aliphatic heterocycles. The first-order chi connectivity index (χ1) is 4.74. The summed E-state index contributed by atoms with van der Waals surface area (Å²) in [5, 5.41) is 8.98. The molecule has 0 radical (unpaired) electrons. The maximum Gasteiger partial charge on any atom is 0.197 e. The van der Waals surface area contributed by atoms with Gasteiger partial charge in [-0.2, -0.15) is 0 Å². The number of nitrogens with zero attached hydrogens (tertiary/aromatic N) is 1. The summed E-state index contributed by atoms with van der Waals surface area (Å²) in [4.78, 5) is 6.32. The van der Waals surface area contributed by atoms with Gasteiger partial charge in [0.05, 0.1) is 6.61 Å². The number of aromatic nitrogens is 2. The van der Waals surface area contributed by atoms with E-state index in [4.69, 9.17) is 16.7 Å². The standard InChI is InChI=1S/C5H5ClN2OS/c6-4-3(2-9)1-7-5(10)8-4/h1,9H,2H2,(H,7,8,10). The van der Waals surface area contributed by atoms with Crippen LogP contribution >= 0.6 is 23.8 Å². The van der Waals surface area contributed by atoms with Crippen molar-refractivity contribution < 1.29 is 5.11 Å². The van der Waals surface area contributed by atoms with Crippen LogP contribution in [-0.4, -0.2) is 15.1 Å². The third-order valence-corrected chi connectivity index (χ3v) is 1.55. The van der Waals surface area contributed by atoms with E-state index in [1.807, 2.05) is 0 Å². The second kappa shape index (κ2) is 3.09. The molecule has 0 bridgehead atoms. The van der Waals surface area contributed by atoms with Gasteiger partial charge in [-0.25, -0.2) is 4.98 Å². The fourth-order valence-electron chi connectivity index (χ4n) is 0.510. The van der Waals surface area contributed by atoms with Crippen LogP contribution in [0.25, 0.3) is 0 Å². The van der Waals surface area contributed by atoms with Crippen LogP contribution in [0.15, 0.2) is 6.20 Å². The molecule has 54 valence electrons. The van der Waals surface area contributed by atoms with Crippen LogP contribution < -0.4 is 0 Å². The summed E-state index contributed by atoms with van der Waals surface area (Å²) in [5.74, 6) is 0. The number of hydrogen-bond donors (Lipinski definition) is 2. The van der Waals surface area contributed by atoms with Gasteiger partial charge in [-0.1, -0.05) is 11.6 Å². The van der Waals surface area contributed by atoms with Crippen molar-refractivity contribution in [3.63, 3.8) is 0 Å². The molecule has 0 aliphatic carbocycles. The molecule has 3 nitrogen and oxygen atoms in total. The molecule has 10 heavy (non-hydrogen) atoms. The zero-order chi connectivity index (χ0) is 7.56. The number of halogens is 1. The Morgan fingerprint density at radius 1 is 1.80 bits per heavy atom. The molecule has 1 aromatic heterocycles.